The van der Waals surface area contributed by atoms with Gasteiger partial charge in [-0.25, -0.2) is 0 Å². The SMILES string of the molecule is CCC1(CC)C(=O)NC(C)C(=O)N1CCOCCCOC. The zero-order valence-electron chi connectivity index (χ0n) is 13.6. The van der Waals surface area contributed by atoms with Gasteiger partial charge in [-0.1, -0.05) is 13.8 Å². The minimum atomic E-state index is -0.737. The quantitative estimate of drug-likeness (QED) is 0.644. The standard InChI is InChI=1S/C15H28N2O4/c1-5-15(6-2)14(19)16-12(3)13(18)17(15)8-11-21-10-7-9-20-4/h12H,5-11H2,1-4H3,(H,16,19). The van der Waals surface area contributed by atoms with Crippen LogP contribution in [0.4, 0.5) is 0 Å². The molecule has 1 aliphatic heterocycles. The van der Waals surface area contributed by atoms with E-state index in [1.165, 1.54) is 0 Å². The van der Waals surface area contributed by atoms with Crippen molar-refractivity contribution >= 4 is 11.8 Å². The lowest BCUT2D eigenvalue weighted by Crippen LogP contribution is -2.70. The van der Waals surface area contributed by atoms with Crippen molar-refractivity contribution in [2.75, 3.05) is 33.5 Å². The highest BCUT2D eigenvalue weighted by Gasteiger charge is 2.48. The molecule has 6 heteroatoms. The summed E-state index contributed by atoms with van der Waals surface area (Å²) in [6, 6.07) is -0.461. The molecule has 1 fully saturated rings. The van der Waals surface area contributed by atoms with Crippen molar-refractivity contribution in [3.8, 4) is 0 Å². The Kier molecular flexibility index (Phi) is 7.11. The predicted molar refractivity (Wildman–Crippen MR) is 79.9 cm³/mol. The monoisotopic (exact) mass is 300 g/mol. The molecule has 2 amide bonds. The van der Waals surface area contributed by atoms with Gasteiger partial charge in [-0.05, 0) is 26.2 Å². The highest BCUT2D eigenvalue weighted by atomic mass is 16.5. The lowest BCUT2D eigenvalue weighted by molar-refractivity contribution is -0.158. The normalized spacial score (nSPS) is 21.5. The molecule has 0 aromatic rings. The first-order valence-electron chi connectivity index (χ1n) is 7.72. The first-order chi connectivity index (χ1) is 10.0. The highest BCUT2D eigenvalue weighted by molar-refractivity contribution is 5.99. The smallest absolute Gasteiger partial charge is 0.246 e. The lowest BCUT2D eigenvalue weighted by Gasteiger charge is -2.47. The molecule has 0 aromatic carbocycles. The van der Waals surface area contributed by atoms with Crippen molar-refractivity contribution < 1.29 is 19.1 Å². The zero-order valence-corrected chi connectivity index (χ0v) is 13.6. The predicted octanol–water partition coefficient (Wildman–Crippen LogP) is 0.945. The third-order valence-corrected chi connectivity index (χ3v) is 4.19. The molecule has 0 saturated carbocycles. The Morgan fingerprint density at radius 3 is 2.43 bits per heavy atom. The minimum absolute atomic E-state index is 0.0289. The van der Waals surface area contributed by atoms with Crippen LogP contribution in [-0.4, -0.2) is 61.8 Å². The number of carbonyl (C=O) groups is 2. The summed E-state index contributed by atoms with van der Waals surface area (Å²) in [4.78, 5) is 26.5. The molecule has 0 aliphatic carbocycles. The van der Waals surface area contributed by atoms with Crippen LogP contribution in [0.25, 0.3) is 0 Å². The Labute approximate surface area is 127 Å². The van der Waals surface area contributed by atoms with Crippen LogP contribution in [0.2, 0.25) is 0 Å². The Bertz CT molecular complexity index is 356. The summed E-state index contributed by atoms with van der Waals surface area (Å²) in [6.07, 6.45) is 2.04. The number of nitrogens with zero attached hydrogens (tertiary/aromatic N) is 1. The molecule has 1 rings (SSSR count). The second-order valence-electron chi connectivity index (χ2n) is 5.38. The number of nitrogens with one attached hydrogen (secondary N) is 1. The number of hydrogen-bond donors (Lipinski definition) is 1. The van der Waals surface area contributed by atoms with Crippen LogP contribution in [-0.2, 0) is 19.1 Å². The van der Waals surface area contributed by atoms with Gasteiger partial charge in [0.15, 0.2) is 0 Å². The number of carbonyl (C=O) groups excluding carboxylic acids is 2. The van der Waals surface area contributed by atoms with E-state index in [9.17, 15) is 9.59 Å². The number of methoxy groups -OCH3 is 1. The van der Waals surface area contributed by atoms with Crippen molar-refractivity contribution in [1.82, 2.24) is 10.2 Å². The summed E-state index contributed by atoms with van der Waals surface area (Å²) >= 11 is 0. The van der Waals surface area contributed by atoms with E-state index >= 15 is 0 Å². The molecule has 1 N–H and O–H groups in total. The lowest BCUT2D eigenvalue weighted by atomic mass is 9.86. The fraction of sp³-hybridized carbons (Fsp3) is 0.867. The second kappa shape index (κ2) is 8.34. The van der Waals surface area contributed by atoms with E-state index in [0.29, 0.717) is 39.2 Å². The second-order valence-corrected chi connectivity index (χ2v) is 5.38. The number of piperazine rings is 1. The van der Waals surface area contributed by atoms with Crippen molar-refractivity contribution in [3.05, 3.63) is 0 Å². The van der Waals surface area contributed by atoms with Gasteiger partial charge in [-0.2, -0.15) is 0 Å². The molecule has 0 spiro atoms. The van der Waals surface area contributed by atoms with Crippen molar-refractivity contribution in [3.63, 3.8) is 0 Å². The largest absolute Gasteiger partial charge is 0.385 e. The maximum atomic E-state index is 12.4. The molecule has 0 aromatic heterocycles. The molecule has 0 bridgehead atoms. The van der Waals surface area contributed by atoms with Crippen molar-refractivity contribution in [2.24, 2.45) is 0 Å². The van der Waals surface area contributed by atoms with Gasteiger partial charge in [-0.15, -0.1) is 0 Å². The number of rotatable bonds is 9. The summed E-state index contributed by atoms with van der Waals surface area (Å²) in [7, 11) is 1.66. The fourth-order valence-corrected chi connectivity index (χ4v) is 2.80. The number of hydrogen-bond acceptors (Lipinski definition) is 4. The zero-order chi connectivity index (χ0) is 15.9. The fourth-order valence-electron chi connectivity index (χ4n) is 2.80. The van der Waals surface area contributed by atoms with Crippen LogP contribution in [0.1, 0.15) is 40.0 Å². The Morgan fingerprint density at radius 1 is 1.19 bits per heavy atom. The van der Waals surface area contributed by atoms with E-state index in [-0.39, 0.29) is 11.8 Å². The van der Waals surface area contributed by atoms with E-state index in [1.807, 2.05) is 13.8 Å². The van der Waals surface area contributed by atoms with Crippen LogP contribution in [0, 0.1) is 0 Å². The first-order valence-corrected chi connectivity index (χ1v) is 7.72. The highest BCUT2D eigenvalue weighted by Crippen LogP contribution is 2.28. The van der Waals surface area contributed by atoms with Crippen LogP contribution >= 0.6 is 0 Å². The Balaban J connectivity index is 2.64. The van der Waals surface area contributed by atoms with Gasteiger partial charge in [-0.3, -0.25) is 9.59 Å². The maximum Gasteiger partial charge on any atom is 0.246 e. The van der Waals surface area contributed by atoms with Gasteiger partial charge in [0.25, 0.3) is 0 Å². The third-order valence-electron chi connectivity index (χ3n) is 4.19. The molecule has 1 aliphatic rings. The summed E-state index contributed by atoms with van der Waals surface area (Å²) in [5, 5.41) is 2.78. The van der Waals surface area contributed by atoms with Gasteiger partial charge in [0.05, 0.1) is 6.61 Å². The van der Waals surface area contributed by atoms with Crippen LogP contribution < -0.4 is 5.32 Å². The average Bonchev–Trinajstić information content (AvgIpc) is 2.48. The first kappa shape index (κ1) is 17.9. The minimum Gasteiger partial charge on any atom is -0.385 e. The van der Waals surface area contributed by atoms with E-state index < -0.39 is 11.6 Å². The van der Waals surface area contributed by atoms with Crippen LogP contribution in [0.3, 0.4) is 0 Å². The van der Waals surface area contributed by atoms with Crippen LogP contribution in [0.5, 0.6) is 0 Å². The van der Waals surface area contributed by atoms with E-state index in [1.54, 1.807) is 18.9 Å². The van der Waals surface area contributed by atoms with E-state index in [2.05, 4.69) is 5.32 Å². The molecule has 0 radical (unpaired) electrons. The molecular weight excluding hydrogens is 272 g/mol. The molecule has 1 saturated heterocycles. The van der Waals surface area contributed by atoms with Gasteiger partial charge in [0.1, 0.15) is 11.6 Å². The van der Waals surface area contributed by atoms with Gasteiger partial charge < -0.3 is 19.7 Å². The molecule has 122 valence electrons. The molecule has 1 heterocycles. The molecule has 21 heavy (non-hydrogen) atoms. The van der Waals surface area contributed by atoms with Crippen molar-refractivity contribution in [2.45, 2.75) is 51.6 Å². The maximum absolute atomic E-state index is 12.4. The molecular formula is C15H28N2O4. The van der Waals surface area contributed by atoms with Gasteiger partial charge in [0, 0.05) is 26.9 Å². The van der Waals surface area contributed by atoms with Crippen LogP contribution in [0.15, 0.2) is 0 Å². The van der Waals surface area contributed by atoms with E-state index in [4.69, 9.17) is 9.47 Å². The summed E-state index contributed by atoms with van der Waals surface area (Å²) in [5.41, 5.74) is -0.737. The third kappa shape index (κ3) is 3.95. The van der Waals surface area contributed by atoms with Crippen molar-refractivity contribution in [1.29, 1.82) is 0 Å². The summed E-state index contributed by atoms with van der Waals surface area (Å²) in [6.45, 7) is 7.76. The number of amides is 2. The topological polar surface area (TPSA) is 67.9 Å². The van der Waals surface area contributed by atoms with E-state index in [0.717, 1.165) is 6.42 Å². The summed E-state index contributed by atoms with van der Waals surface area (Å²) in [5.74, 6) is -0.0854. The number of ether oxygens (including phenoxy) is 2. The van der Waals surface area contributed by atoms with Gasteiger partial charge >= 0.3 is 0 Å². The Hall–Kier alpha value is -1.14. The molecule has 6 nitrogen and oxygen atoms in total. The molecule has 1 atom stereocenters. The summed E-state index contributed by atoms with van der Waals surface area (Å²) < 4.78 is 10.5. The molecule has 1 unspecified atom stereocenters. The Morgan fingerprint density at radius 2 is 1.86 bits per heavy atom. The van der Waals surface area contributed by atoms with Gasteiger partial charge in [0.2, 0.25) is 11.8 Å². The average molecular weight is 300 g/mol.